The van der Waals surface area contributed by atoms with Crippen LogP contribution in [0.4, 0.5) is 0 Å². The Balaban J connectivity index is 2.38. The Morgan fingerprint density at radius 2 is 2.31 bits per heavy atom. The summed E-state index contributed by atoms with van der Waals surface area (Å²) in [7, 11) is 0. The maximum Gasteiger partial charge on any atom is 0.372 e. The first-order chi connectivity index (χ1) is 7.66. The molecule has 1 aliphatic rings. The van der Waals surface area contributed by atoms with E-state index in [0.29, 0.717) is 10.2 Å². The lowest BCUT2D eigenvalue weighted by Crippen LogP contribution is -2.15. The third-order valence-electron chi connectivity index (χ3n) is 2.41. The van der Waals surface area contributed by atoms with Gasteiger partial charge in [0.2, 0.25) is 5.82 Å². The van der Waals surface area contributed by atoms with Gasteiger partial charge < -0.3 is 10.1 Å². The minimum Gasteiger partial charge on any atom is -0.475 e. The van der Waals surface area contributed by atoms with Gasteiger partial charge in [0.1, 0.15) is 4.83 Å². The third kappa shape index (κ3) is 1.28. The molecule has 7 heteroatoms. The highest BCUT2D eigenvalue weighted by molar-refractivity contribution is 8.01. The van der Waals surface area contributed by atoms with Crippen LogP contribution < -0.4 is 5.56 Å². The summed E-state index contributed by atoms with van der Waals surface area (Å²) in [6.45, 7) is 0. The van der Waals surface area contributed by atoms with E-state index < -0.39 is 5.97 Å². The number of aryl methyl sites for hydroxylation is 1. The van der Waals surface area contributed by atoms with Crippen LogP contribution in [0.5, 0.6) is 0 Å². The largest absolute Gasteiger partial charge is 0.475 e. The van der Waals surface area contributed by atoms with Gasteiger partial charge in [-0.3, -0.25) is 4.79 Å². The summed E-state index contributed by atoms with van der Waals surface area (Å²) in [4.78, 5) is 29.3. The fraction of sp³-hybridized carbons (Fsp3) is 0.222. The molecule has 0 amide bonds. The van der Waals surface area contributed by atoms with Crippen LogP contribution in [0.15, 0.2) is 9.00 Å². The van der Waals surface area contributed by atoms with Crippen molar-refractivity contribution >= 4 is 39.3 Å². The van der Waals surface area contributed by atoms with Gasteiger partial charge in [0.15, 0.2) is 0 Å². The van der Waals surface area contributed by atoms with Crippen molar-refractivity contribution in [2.24, 2.45) is 0 Å². The van der Waals surface area contributed by atoms with Crippen molar-refractivity contribution in [3.8, 4) is 0 Å². The predicted octanol–water partition coefficient (Wildman–Crippen LogP) is 1.33. The molecule has 3 rings (SSSR count). The van der Waals surface area contributed by atoms with Crippen LogP contribution in [0, 0.1) is 0 Å². The number of carboxylic acids is 1. The van der Waals surface area contributed by atoms with E-state index in [1.807, 2.05) is 0 Å². The number of hydrogen-bond acceptors (Lipinski definition) is 5. The molecule has 82 valence electrons. The molecular formula is C9H6N2O3S2. The molecule has 0 saturated heterocycles. The highest BCUT2D eigenvalue weighted by Crippen LogP contribution is 2.41. The van der Waals surface area contributed by atoms with Crippen LogP contribution in [-0.4, -0.2) is 26.8 Å². The van der Waals surface area contributed by atoms with Gasteiger partial charge in [-0.15, -0.1) is 23.1 Å². The number of fused-ring (bicyclic) bond motifs is 3. The molecule has 5 nitrogen and oxygen atoms in total. The Morgan fingerprint density at radius 1 is 1.50 bits per heavy atom. The smallest absolute Gasteiger partial charge is 0.372 e. The minimum atomic E-state index is -1.21. The topological polar surface area (TPSA) is 83.0 Å². The number of aromatic amines is 1. The molecule has 0 aromatic carbocycles. The standard InChI is InChI=1S/C9H6N2O3S2/c12-6-4-3-1-2-15-9(3)16-7(4)11-5(10-6)8(13)14/h1-2H2,(H,13,14)(H,10,11,12). The van der Waals surface area contributed by atoms with Crippen LogP contribution in [0.3, 0.4) is 0 Å². The van der Waals surface area contributed by atoms with E-state index in [-0.39, 0.29) is 11.4 Å². The fourth-order valence-corrected chi connectivity index (χ4v) is 4.28. The molecule has 1 aliphatic heterocycles. The number of carbonyl (C=O) groups is 1. The number of aromatic nitrogens is 2. The van der Waals surface area contributed by atoms with Gasteiger partial charge in [0.05, 0.1) is 9.60 Å². The average molecular weight is 254 g/mol. The molecule has 3 heterocycles. The van der Waals surface area contributed by atoms with Crippen molar-refractivity contribution in [1.82, 2.24) is 9.97 Å². The summed E-state index contributed by atoms with van der Waals surface area (Å²) in [5.41, 5.74) is 0.679. The van der Waals surface area contributed by atoms with E-state index in [4.69, 9.17) is 5.11 Å². The molecule has 0 bridgehead atoms. The predicted molar refractivity (Wildman–Crippen MR) is 61.6 cm³/mol. The zero-order chi connectivity index (χ0) is 11.3. The molecule has 2 N–H and O–H groups in total. The van der Waals surface area contributed by atoms with Crippen molar-refractivity contribution in [2.45, 2.75) is 10.6 Å². The van der Waals surface area contributed by atoms with Gasteiger partial charge in [0.25, 0.3) is 5.56 Å². The van der Waals surface area contributed by atoms with Crippen LogP contribution in [-0.2, 0) is 6.42 Å². The number of nitrogens with one attached hydrogen (secondary N) is 1. The summed E-state index contributed by atoms with van der Waals surface area (Å²) in [5, 5.41) is 9.35. The van der Waals surface area contributed by atoms with Gasteiger partial charge in [-0.1, -0.05) is 0 Å². The number of aromatic carboxylic acids is 1. The number of carboxylic acid groups (broad SMARTS) is 1. The minimum absolute atomic E-state index is 0.289. The molecule has 2 aromatic rings. The Labute approximate surface area is 97.5 Å². The molecule has 0 aliphatic carbocycles. The monoisotopic (exact) mass is 254 g/mol. The zero-order valence-electron chi connectivity index (χ0n) is 7.94. The van der Waals surface area contributed by atoms with E-state index in [0.717, 1.165) is 21.9 Å². The van der Waals surface area contributed by atoms with Gasteiger partial charge >= 0.3 is 5.97 Å². The summed E-state index contributed by atoms with van der Waals surface area (Å²) >= 11 is 3.10. The summed E-state index contributed by atoms with van der Waals surface area (Å²) in [6.07, 6.45) is 0.858. The van der Waals surface area contributed by atoms with Crippen LogP contribution >= 0.6 is 23.1 Å². The first-order valence-electron chi connectivity index (χ1n) is 4.58. The molecule has 0 unspecified atom stereocenters. The summed E-state index contributed by atoms with van der Waals surface area (Å²) in [5.74, 6) is -0.514. The number of thiophene rings is 1. The van der Waals surface area contributed by atoms with E-state index in [1.165, 1.54) is 11.3 Å². The van der Waals surface area contributed by atoms with E-state index >= 15 is 0 Å². The Hall–Kier alpha value is -1.34. The molecule has 0 radical (unpaired) electrons. The second kappa shape index (κ2) is 3.33. The maximum atomic E-state index is 11.8. The van der Waals surface area contributed by atoms with E-state index in [9.17, 15) is 9.59 Å². The zero-order valence-corrected chi connectivity index (χ0v) is 9.57. The maximum absolute atomic E-state index is 11.8. The van der Waals surface area contributed by atoms with Crippen molar-refractivity contribution in [2.75, 3.05) is 5.75 Å². The number of rotatable bonds is 1. The molecular weight excluding hydrogens is 248 g/mol. The highest BCUT2D eigenvalue weighted by atomic mass is 32.2. The molecule has 0 fully saturated rings. The van der Waals surface area contributed by atoms with Crippen LogP contribution in [0.2, 0.25) is 0 Å². The quantitative estimate of drug-likeness (QED) is 0.802. The number of H-pyrrole nitrogens is 1. The first-order valence-corrected chi connectivity index (χ1v) is 6.39. The average Bonchev–Trinajstić information content (AvgIpc) is 2.75. The second-order valence-electron chi connectivity index (χ2n) is 3.37. The Morgan fingerprint density at radius 3 is 3.06 bits per heavy atom. The van der Waals surface area contributed by atoms with Gasteiger partial charge in [-0.05, 0) is 12.0 Å². The lowest BCUT2D eigenvalue weighted by atomic mass is 10.2. The molecule has 2 aromatic heterocycles. The Kier molecular flexibility index (Phi) is 2.05. The first kappa shape index (κ1) is 9.86. The fourth-order valence-electron chi connectivity index (χ4n) is 1.73. The van der Waals surface area contributed by atoms with Gasteiger partial charge in [0, 0.05) is 5.75 Å². The molecule has 0 atom stereocenters. The van der Waals surface area contributed by atoms with Crippen LogP contribution in [0.1, 0.15) is 16.2 Å². The Bertz CT molecular complexity index is 659. The van der Waals surface area contributed by atoms with Crippen molar-refractivity contribution < 1.29 is 9.90 Å². The SMILES string of the molecule is O=C(O)c1nc2sc3c(c2c(=O)[nH]1)CCS3. The lowest BCUT2D eigenvalue weighted by molar-refractivity contribution is 0.0683. The number of thioether (sulfide) groups is 1. The lowest BCUT2D eigenvalue weighted by Gasteiger charge is -1.95. The normalized spacial score (nSPS) is 14.2. The van der Waals surface area contributed by atoms with Crippen molar-refractivity contribution in [3.63, 3.8) is 0 Å². The molecule has 16 heavy (non-hydrogen) atoms. The van der Waals surface area contributed by atoms with Gasteiger partial charge in [-0.25, -0.2) is 9.78 Å². The van der Waals surface area contributed by atoms with Crippen molar-refractivity contribution in [1.29, 1.82) is 0 Å². The highest BCUT2D eigenvalue weighted by Gasteiger charge is 2.22. The van der Waals surface area contributed by atoms with E-state index in [2.05, 4.69) is 9.97 Å². The molecule has 0 spiro atoms. The summed E-state index contributed by atoms with van der Waals surface area (Å²) in [6, 6.07) is 0. The van der Waals surface area contributed by atoms with Crippen LogP contribution in [0.25, 0.3) is 10.2 Å². The molecule has 0 saturated carbocycles. The van der Waals surface area contributed by atoms with Gasteiger partial charge in [-0.2, -0.15) is 0 Å². The van der Waals surface area contributed by atoms with E-state index in [1.54, 1.807) is 11.8 Å². The van der Waals surface area contributed by atoms with Crippen molar-refractivity contribution in [3.05, 3.63) is 21.7 Å². The second-order valence-corrected chi connectivity index (χ2v) is 5.73. The number of nitrogens with zero attached hydrogens (tertiary/aromatic N) is 1. The number of hydrogen-bond donors (Lipinski definition) is 2. The third-order valence-corrected chi connectivity index (χ3v) is 4.85. The summed E-state index contributed by atoms with van der Waals surface area (Å²) < 4.78 is 1.09.